The Bertz CT molecular complexity index is 881. The summed E-state index contributed by atoms with van der Waals surface area (Å²) in [5, 5.41) is 3.45. The first-order valence-corrected chi connectivity index (χ1v) is 9.83. The molecule has 0 radical (unpaired) electrons. The lowest BCUT2D eigenvalue weighted by molar-refractivity contribution is -0.132. The van der Waals surface area contributed by atoms with Crippen LogP contribution in [0.25, 0.3) is 6.08 Å². The highest BCUT2D eigenvalue weighted by atomic mass is 35.5. The topological polar surface area (TPSA) is 78.1 Å². The van der Waals surface area contributed by atoms with E-state index >= 15 is 0 Å². The molecule has 3 rings (SSSR count). The maximum Gasteiger partial charge on any atom is 0.266 e. The van der Waals surface area contributed by atoms with Gasteiger partial charge in [0.15, 0.2) is 0 Å². The first-order chi connectivity index (χ1) is 13.0. The lowest BCUT2D eigenvalue weighted by Gasteiger charge is -2.22. The van der Waals surface area contributed by atoms with Crippen molar-refractivity contribution in [3.63, 3.8) is 0 Å². The van der Waals surface area contributed by atoms with E-state index in [4.69, 9.17) is 23.8 Å². The number of carbonyl (C=O) groups is 2. The Kier molecular flexibility index (Phi) is 6.30. The van der Waals surface area contributed by atoms with Crippen molar-refractivity contribution < 1.29 is 9.59 Å². The average Bonchev–Trinajstić information content (AvgIpc) is 3.25. The van der Waals surface area contributed by atoms with Gasteiger partial charge in [-0.2, -0.15) is 0 Å². The summed E-state index contributed by atoms with van der Waals surface area (Å²) in [6.07, 6.45) is 5.68. The number of halogens is 1. The normalized spacial score (nSPS) is 16.8. The maximum atomic E-state index is 12.7. The van der Waals surface area contributed by atoms with Crippen molar-refractivity contribution in [3.8, 4) is 0 Å². The fourth-order valence-electron chi connectivity index (χ4n) is 2.53. The van der Waals surface area contributed by atoms with E-state index in [1.54, 1.807) is 37.7 Å². The predicted molar refractivity (Wildman–Crippen MR) is 111 cm³/mol. The second-order valence-electron chi connectivity index (χ2n) is 5.90. The zero-order chi connectivity index (χ0) is 19.4. The minimum atomic E-state index is -0.685. The molecule has 1 aromatic heterocycles. The molecule has 1 aliphatic rings. The number of imidazole rings is 1. The third kappa shape index (κ3) is 4.77. The number of aromatic nitrogens is 2. The smallest absolute Gasteiger partial charge is 0.266 e. The van der Waals surface area contributed by atoms with E-state index in [0.717, 1.165) is 11.3 Å². The number of hydrogen-bond acceptors (Lipinski definition) is 5. The molecular formula is C18H17ClN4O2S2. The summed E-state index contributed by atoms with van der Waals surface area (Å²) >= 11 is 12.4. The van der Waals surface area contributed by atoms with Crippen molar-refractivity contribution in [1.29, 1.82) is 0 Å². The molecule has 9 heteroatoms. The second-order valence-corrected chi connectivity index (χ2v) is 8.01. The molecule has 1 saturated heterocycles. The van der Waals surface area contributed by atoms with Crippen LogP contribution in [0.3, 0.4) is 0 Å². The SMILES string of the molecule is CC(C(=O)NCCc1cnc[nH]1)N1C(=O)C(=Cc2ccc(Cl)cc2)SC1=S. The van der Waals surface area contributed by atoms with Gasteiger partial charge < -0.3 is 10.3 Å². The molecule has 140 valence electrons. The molecule has 1 aliphatic heterocycles. The van der Waals surface area contributed by atoms with Crippen molar-refractivity contribution in [2.24, 2.45) is 0 Å². The zero-order valence-corrected chi connectivity index (χ0v) is 16.8. The molecule has 1 unspecified atom stereocenters. The minimum Gasteiger partial charge on any atom is -0.354 e. The molecule has 2 N–H and O–H groups in total. The Morgan fingerprint density at radius 2 is 2.19 bits per heavy atom. The van der Waals surface area contributed by atoms with Gasteiger partial charge in [-0.15, -0.1) is 0 Å². The monoisotopic (exact) mass is 420 g/mol. The van der Waals surface area contributed by atoms with Gasteiger partial charge in [-0.3, -0.25) is 14.5 Å². The van der Waals surface area contributed by atoms with E-state index in [2.05, 4.69) is 15.3 Å². The third-order valence-electron chi connectivity index (χ3n) is 4.01. The van der Waals surface area contributed by atoms with Crippen LogP contribution in [0.4, 0.5) is 0 Å². The lowest BCUT2D eigenvalue weighted by atomic mass is 10.2. The standard InChI is InChI=1S/C18H17ClN4O2S2/c1-11(16(24)21-7-6-14-9-20-10-22-14)23-17(25)15(27-18(23)26)8-12-2-4-13(19)5-3-12/h2-5,8-11H,6-7H2,1H3,(H,20,22)(H,21,24). The Balaban J connectivity index is 1.63. The fourth-order valence-corrected chi connectivity index (χ4v) is 4.08. The molecule has 1 fully saturated rings. The van der Waals surface area contributed by atoms with Crippen LogP contribution >= 0.6 is 35.6 Å². The number of nitrogens with one attached hydrogen (secondary N) is 2. The largest absolute Gasteiger partial charge is 0.354 e. The van der Waals surface area contributed by atoms with Crippen molar-refractivity contribution in [1.82, 2.24) is 20.2 Å². The highest BCUT2D eigenvalue weighted by Gasteiger charge is 2.38. The molecule has 0 saturated carbocycles. The second kappa shape index (κ2) is 8.69. The number of carbonyl (C=O) groups excluding carboxylic acids is 2. The van der Waals surface area contributed by atoms with Gasteiger partial charge in [-0.1, -0.05) is 47.7 Å². The van der Waals surface area contributed by atoms with E-state index in [-0.39, 0.29) is 11.8 Å². The number of thioether (sulfide) groups is 1. The van der Waals surface area contributed by atoms with Crippen LogP contribution in [-0.2, 0) is 16.0 Å². The zero-order valence-electron chi connectivity index (χ0n) is 14.4. The first kappa shape index (κ1) is 19.6. The van der Waals surface area contributed by atoms with Gasteiger partial charge in [0, 0.05) is 29.9 Å². The van der Waals surface area contributed by atoms with E-state index in [1.165, 1.54) is 16.7 Å². The molecule has 0 bridgehead atoms. The number of H-pyrrole nitrogens is 1. The van der Waals surface area contributed by atoms with Gasteiger partial charge in [-0.25, -0.2) is 4.98 Å². The number of rotatable bonds is 6. The third-order valence-corrected chi connectivity index (χ3v) is 5.59. The maximum absolute atomic E-state index is 12.7. The number of benzene rings is 1. The minimum absolute atomic E-state index is 0.251. The molecule has 1 aromatic carbocycles. The van der Waals surface area contributed by atoms with Gasteiger partial charge >= 0.3 is 0 Å². The fraction of sp³-hybridized carbons (Fsp3) is 0.222. The van der Waals surface area contributed by atoms with Gasteiger partial charge in [0.1, 0.15) is 10.4 Å². The number of nitrogens with zero attached hydrogens (tertiary/aromatic N) is 2. The van der Waals surface area contributed by atoms with Gasteiger partial charge in [0.2, 0.25) is 5.91 Å². The van der Waals surface area contributed by atoms with Crippen molar-refractivity contribution in [2.75, 3.05) is 6.54 Å². The van der Waals surface area contributed by atoms with Gasteiger partial charge in [-0.05, 0) is 30.7 Å². The Morgan fingerprint density at radius 1 is 1.44 bits per heavy atom. The molecular weight excluding hydrogens is 404 g/mol. The van der Waals surface area contributed by atoms with E-state index < -0.39 is 6.04 Å². The Labute approximate surface area is 171 Å². The van der Waals surface area contributed by atoms with Crippen molar-refractivity contribution >= 4 is 57.8 Å². The van der Waals surface area contributed by atoms with Crippen molar-refractivity contribution in [3.05, 3.63) is 58.0 Å². The van der Waals surface area contributed by atoms with Crippen molar-refractivity contribution in [2.45, 2.75) is 19.4 Å². The predicted octanol–water partition coefficient (Wildman–Crippen LogP) is 3.01. The number of aromatic amines is 1. The first-order valence-electron chi connectivity index (χ1n) is 8.23. The van der Waals surface area contributed by atoms with Crippen LogP contribution < -0.4 is 5.32 Å². The van der Waals surface area contributed by atoms with E-state index in [1.807, 2.05) is 12.1 Å². The van der Waals surface area contributed by atoms with Crippen LogP contribution in [0, 0.1) is 0 Å². The lowest BCUT2D eigenvalue weighted by Crippen LogP contribution is -2.47. The summed E-state index contributed by atoms with van der Waals surface area (Å²) in [7, 11) is 0. The number of thiocarbonyl (C=S) groups is 1. The molecule has 2 heterocycles. The van der Waals surface area contributed by atoms with Crippen LogP contribution in [0.2, 0.25) is 5.02 Å². The molecule has 27 heavy (non-hydrogen) atoms. The van der Waals surface area contributed by atoms with Crippen LogP contribution in [0.1, 0.15) is 18.2 Å². The van der Waals surface area contributed by atoms with Gasteiger partial charge in [0.25, 0.3) is 5.91 Å². The van der Waals surface area contributed by atoms with Crippen LogP contribution in [-0.4, -0.2) is 43.6 Å². The molecule has 6 nitrogen and oxygen atoms in total. The molecule has 0 spiro atoms. The Morgan fingerprint density at radius 3 is 2.85 bits per heavy atom. The summed E-state index contributed by atoms with van der Waals surface area (Å²) in [6.45, 7) is 2.11. The Hall–Kier alpha value is -2.16. The quantitative estimate of drug-likeness (QED) is 0.554. The number of amides is 2. The molecule has 2 amide bonds. The summed E-state index contributed by atoms with van der Waals surface area (Å²) in [4.78, 5) is 33.9. The average molecular weight is 421 g/mol. The van der Waals surface area contributed by atoms with Crippen LogP contribution in [0.15, 0.2) is 41.7 Å². The summed E-state index contributed by atoms with van der Waals surface area (Å²) in [5.74, 6) is -0.519. The highest BCUT2D eigenvalue weighted by Crippen LogP contribution is 2.34. The number of hydrogen-bond donors (Lipinski definition) is 2. The summed E-state index contributed by atoms with van der Waals surface area (Å²) in [5.41, 5.74) is 1.77. The highest BCUT2D eigenvalue weighted by molar-refractivity contribution is 8.26. The summed E-state index contributed by atoms with van der Waals surface area (Å²) < 4.78 is 0.372. The summed E-state index contributed by atoms with van der Waals surface area (Å²) in [6, 6.07) is 6.46. The molecule has 1 atom stereocenters. The van der Waals surface area contributed by atoms with Crippen LogP contribution in [0.5, 0.6) is 0 Å². The van der Waals surface area contributed by atoms with E-state index in [0.29, 0.717) is 27.2 Å². The van der Waals surface area contributed by atoms with E-state index in [9.17, 15) is 9.59 Å². The molecule has 2 aromatic rings. The molecule has 0 aliphatic carbocycles. The van der Waals surface area contributed by atoms with Gasteiger partial charge in [0.05, 0.1) is 11.2 Å².